The van der Waals surface area contributed by atoms with Gasteiger partial charge in [0.2, 0.25) is 5.91 Å². The zero-order valence-electron chi connectivity index (χ0n) is 20.7. The van der Waals surface area contributed by atoms with Gasteiger partial charge >= 0.3 is 5.69 Å². The number of ether oxygens (including phenoxy) is 1. The van der Waals surface area contributed by atoms with E-state index >= 15 is 0 Å². The monoisotopic (exact) mass is 469 g/mol. The first-order valence-corrected chi connectivity index (χ1v) is 11.7. The van der Waals surface area contributed by atoms with Crippen LogP contribution < -0.4 is 11.2 Å². The van der Waals surface area contributed by atoms with Crippen LogP contribution in [0.4, 0.5) is 0 Å². The predicted molar refractivity (Wildman–Crippen MR) is 132 cm³/mol. The molecule has 0 bridgehead atoms. The molecule has 0 saturated carbocycles. The minimum absolute atomic E-state index is 0.241. The fourth-order valence-electron chi connectivity index (χ4n) is 4.04. The molecule has 0 aliphatic heterocycles. The van der Waals surface area contributed by atoms with E-state index in [0.29, 0.717) is 37.4 Å². The smallest absolute Gasteiger partial charge is 0.333 e. The number of rotatable bonds is 11. The van der Waals surface area contributed by atoms with E-state index in [2.05, 4.69) is 4.98 Å². The summed E-state index contributed by atoms with van der Waals surface area (Å²) in [5.41, 5.74) is 0.440. The van der Waals surface area contributed by atoms with Crippen molar-refractivity contribution in [3.8, 4) is 0 Å². The van der Waals surface area contributed by atoms with E-state index in [0.717, 1.165) is 10.1 Å². The standard InChI is InChI=1S/C25H35N5O4/c1-18(2)13-28(14-19(3)4)21(31)16-30-24(32)22-23(26-17-27(22)11-12-34-5)29(25(30)33)15-20-9-7-6-8-10-20/h6-10,17-19H,11-16H2,1-5H3. The molecule has 0 aliphatic rings. The van der Waals surface area contributed by atoms with Crippen LogP contribution in [0.3, 0.4) is 0 Å². The first kappa shape index (κ1) is 25.4. The fraction of sp³-hybridized carbons (Fsp3) is 0.520. The quantitative estimate of drug-likeness (QED) is 0.429. The number of benzene rings is 1. The maximum atomic E-state index is 13.5. The molecule has 0 N–H and O–H groups in total. The summed E-state index contributed by atoms with van der Waals surface area (Å²) in [6.07, 6.45) is 1.54. The number of carbonyl (C=O) groups excluding carboxylic acids is 1. The van der Waals surface area contributed by atoms with Gasteiger partial charge in [0, 0.05) is 26.7 Å². The first-order chi connectivity index (χ1) is 16.2. The number of aromatic nitrogens is 4. The SMILES string of the molecule is COCCn1cnc2c1c(=O)n(CC(=O)N(CC(C)C)CC(C)C)c(=O)n2Cc1ccccc1. The average molecular weight is 470 g/mol. The molecule has 9 heteroatoms. The molecular formula is C25H35N5O4. The summed E-state index contributed by atoms with van der Waals surface area (Å²) in [7, 11) is 1.58. The fourth-order valence-corrected chi connectivity index (χ4v) is 4.04. The lowest BCUT2D eigenvalue weighted by Crippen LogP contribution is -2.46. The second-order valence-corrected chi connectivity index (χ2v) is 9.44. The van der Waals surface area contributed by atoms with Gasteiger partial charge in [-0.15, -0.1) is 0 Å². The predicted octanol–water partition coefficient (Wildman–Crippen LogP) is 2.20. The largest absolute Gasteiger partial charge is 0.383 e. The number of amides is 1. The van der Waals surface area contributed by atoms with Gasteiger partial charge in [-0.1, -0.05) is 58.0 Å². The third-order valence-corrected chi connectivity index (χ3v) is 5.52. The van der Waals surface area contributed by atoms with Crippen molar-refractivity contribution in [2.24, 2.45) is 11.8 Å². The van der Waals surface area contributed by atoms with E-state index < -0.39 is 11.2 Å². The molecular weight excluding hydrogens is 434 g/mol. The number of hydrogen-bond donors (Lipinski definition) is 0. The minimum Gasteiger partial charge on any atom is -0.383 e. The van der Waals surface area contributed by atoms with Gasteiger partial charge in [-0.05, 0) is 17.4 Å². The average Bonchev–Trinajstić information content (AvgIpc) is 3.21. The second kappa shape index (κ2) is 11.3. The van der Waals surface area contributed by atoms with Crippen LogP contribution in [0.2, 0.25) is 0 Å². The molecule has 0 radical (unpaired) electrons. The van der Waals surface area contributed by atoms with Crippen molar-refractivity contribution in [2.75, 3.05) is 26.8 Å². The summed E-state index contributed by atoms with van der Waals surface area (Å²) in [6, 6.07) is 9.51. The van der Waals surface area contributed by atoms with E-state index in [4.69, 9.17) is 4.74 Å². The third-order valence-electron chi connectivity index (χ3n) is 5.52. The van der Waals surface area contributed by atoms with Gasteiger partial charge in [-0.3, -0.25) is 14.2 Å². The Labute approximate surface area is 199 Å². The summed E-state index contributed by atoms with van der Waals surface area (Å²) >= 11 is 0. The summed E-state index contributed by atoms with van der Waals surface area (Å²) in [6.45, 7) is 10.0. The molecule has 2 heterocycles. The van der Waals surface area contributed by atoms with Crippen LogP contribution in [0.1, 0.15) is 33.3 Å². The van der Waals surface area contributed by atoms with Crippen molar-refractivity contribution >= 4 is 17.1 Å². The zero-order chi connectivity index (χ0) is 24.8. The van der Waals surface area contributed by atoms with Crippen molar-refractivity contribution in [2.45, 2.75) is 47.3 Å². The lowest BCUT2D eigenvalue weighted by molar-refractivity contribution is -0.133. The molecule has 184 valence electrons. The Balaban J connectivity index is 2.11. The molecule has 0 fully saturated rings. The molecule has 1 amide bonds. The normalized spacial score (nSPS) is 11.6. The van der Waals surface area contributed by atoms with Crippen molar-refractivity contribution in [1.82, 2.24) is 23.6 Å². The van der Waals surface area contributed by atoms with Crippen molar-refractivity contribution in [3.05, 3.63) is 63.1 Å². The van der Waals surface area contributed by atoms with Crippen LogP contribution in [0.15, 0.2) is 46.2 Å². The number of imidazole rings is 1. The van der Waals surface area contributed by atoms with Gasteiger partial charge in [0.25, 0.3) is 5.56 Å². The van der Waals surface area contributed by atoms with E-state index in [1.54, 1.807) is 22.9 Å². The lowest BCUT2D eigenvalue weighted by atomic mass is 10.1. The number of nitrogens with zero attached hydrogens (tertiary/aromatic N) is 5. The van der Waals surface area contributed by atoms with Gasteiger partial charge in [0.15, 0.2) is 11.2 Å². The Morgan fingerprint density at radius 3 is 2.26 bits per heavy atom. The molecule has 3 aromatic rings. The number of hydrogen-bond acceptors (Lipinski definition) is 5. The van der Waals surface area contributed by atoms with Crippen molar-refractivity contribution in [1.29, 1.82) is 0 Å². The topological polar surface area (TPSA) is 91.4 Å². The molecule has 3 rings (SSSR count). The lowest BCUT2D eigenvalue weighted by Gasteiger charge is -2.26. The molecule has 0 aliphatic carbocycles. The summed E-state index contributed by atoms with van der Waals surface area (Å²) in [5.74, 6) is 0.300. The summed E-state index contributed by atoms with van der Waals surface area (Å²) in [4.78, 5) is 46.4. The number of fused-ring (bicyclic) bond motifs is 1. The maximum Gasteiger partial charge on any atom is 0.333 e. The van der Waals surface area contributed by atoms with E-state index in [-0.39, 0.29) is 30.8 Å². The van der Waals surface area contributed by atoms with Crippen LogP contribution >= 0.6 is 0 Å². The molecule has 0 spiro atoms. The van der Waals surface area contributed by atoms with Gasteiger partial charge in [-0.25, -0.2) is 14.3 Å². The molecule has 34 heavy (non-hydrogen) atoms. The highest BCUT2D eigenvalue weighted by atomic mass is 16.5. The number of carbonyl (C=O) groups is 1. The Bertz CT molecular complexity index is 1210. The Morgan fingerprint density at radius 2 is 1.68 bits per heavy atom. The maximum absolute atomic E-state index is 13.5. The Hall–Kier alpha value is -3.20. The summed E-state index contributed by atoms with van der Waals surface area (Å²) in [5, 5.41) is 0. The molecule has 9 nitrogen and oxygen atoms in total. The molecule has 0 saturated heterocycles. The highest BCUT2D eigenvalue weighted by Crippen LogP contribution is 2.11. The van der Waals surface area contributed by atoms with E-state index in [9.17, 15) is 14.4 Å². The van der Waals surface area contributed by atoms with Crippen LogP contribution in [0.5, 0.6) is 0 Å². The van der Waals surface area contributed by atoms with Crippen LogP contribution in [0, 0.1) is 11.8 Å². The van der Waals surface area contributed by atoms with Crippen molar-refractivity contribution < 1.29 is 9.53 Å². The van der Waals surface area contributed by atoms with Crippen LogP contribution in [-0.2, 0) is 29.2 Å². The van der Waals surface area contributed by atoms with Gasteiger partial charge < -0.3 is 14.2 Å². The third kappa shape index (κ3) is 5.83. The second-order valence-electron chi connectivity index (χ2n) is 9.44. The van der Waals surface area contributed by atoms with Crippen molar-refractivity contribution in [3.63, 3.8) is 0 Å². The molecule has 1 aromatic carbocycles. The highest BCUT2D eigenvalue weighted by Gasteiger charge is 2.23. The first-order valence-electron chi connectivity index (χ1n) is 11.7. The zero-order valence-corrected chi connectivity index (χ0v) is 20.7. The Morgan fingerprint density at radius 1 is 1.03 bits per heavy atom. The minimum atomic E-state index is -0.541. The molecule has 0 atom stereocenters. The molecule has 0 unspecified atom stereocenters. The number of methoxy groups -OCH3 is 1. The van der Waals surface area contributed by atoms with Gasteiger partial charge in [-0.2, -0.15) is 0 Å². The van der Waals surface area contributed by atoms with Crippen LogP contribution in [-0.4, -0.2) is 56.3 Å². The van der Waals surface area contributed by atoms with E-state index in [1.165, 1.54) is 4.57 Å². The summed E-state index contributed by atoms with van der Waals surface area (Å²) < 4.78 is 9.37. The van der Waals surface area contributed by atoms with Crippen LogP contribution in [0.25, 0.3) is 11.2 Å². The van der Waals surface area contributed by atoms with Gasteiger partial charge in [0.05, 0.1) is 19.5 Å². The van der Waals surface area contributed by atoms with E-state index in [1.807, 2.05) is 58.0 Å². The Kier molecular flexibility index (Phi) is 8.44. The highest BCUT2D eigenvalue weighted by molar-refractivity contribution is 5.77. The van der Waals surface area contributed by atoms with Gasteiger partial charge in [0.1, 0.15) is 6.54 Å². The molecule has 2 aromatic heterocycles.